The Morgan fingerprint density at radius 2 is 1.87 bits per heavy atom. The van der Waals surface area contributed by atoms with Crippen molar-refractivity contribution in [2.75, 3.05) is 39.5 Å². The number of ether oxygens (including phenoxy) is 2. The maximum Gasteiger partial charge on any atom is 0.256 e. The standard InChI is InChI=1S/C24H26N4O3/c29-24(21-4-1-2-5-22(21)28-9-3-8-25-28)27-12-15-31-23-7-6-19(16-20(23)18-27)17-26-10-13-30-14-11-26/h1-9,16H,10-15,17-18H2. The summed E-state index contributed by atoms with van der Waals surface area (Å²) in [5.74, 6) is 0.850. The number of carbonyl (C=O) groups is 1. The number of amides is 1. The lowest BCUT2D eigenvalue weighted by molar-refractivity contribution is 0.0341. The fourth-order valence-electron chi connectivity index (χ4n) is 4.17. The molecule has 1 fully saturated rings. The molecule has 7 nitrogen and oxygen atoms in total. The van der Waals surface area contributed by atoms with Crippen LogP contribution in [0.15, 0.2) is 60.9 Å². The maximum atomic E-state index is 13.5. The molecule has 2 aliphatic rings. The Kier molecular flexibility index (Phi) is 5.69. The SMILES string of the molecule is O=C(c1ccccc1-n1cccn1)N1CCOc2ccc(CN3CCOCC3)cc2C1. The van der Waals surface area contributed by atoms with Gasteiger partial charge in [0.1, 0.15) is 12.4 Å². The van der Waals surface area contributed by atoms with E-state index in [0.29, 0.717) is 25.3 Å². The van der Waals surface area contributed by atoms with Gasteiger partial charge in [0.05, 0.1) is 31.0 Å². The molecule has 0 aliphatic carbocycles. The van der Waals surface area contributed by atoms with Gasteiger partial charge in [-0.25, -0.2) is 4.68 Å². The van der Waals surface area contributed by atoms with Gasteiger partial charge < -0.3 is 14.4 Å². The Labute approximate surface area is 181 Å². The maximum absolute atomic E-state index is 13.5. The molecular formula is C24H26N4O3. The molecule has 0 N–H and O–H groups in total. The minimum Gasteiger partial charge on any atom is -0.491 e. The molecule has 31 heavy (non-hydrogen) atoms. The van der Waals surface area contributed by atoms with Crippen LogP contribution in [0.4, 0.5) is 0 Å². The van der Waals surface area contributed by atoms with E-state index in [1.54, 1.807) is 10.9 Å². The number of hydrogen-bond acceptors (Lipinski definition) is 5. The van der Waals surface area contributed by atoms with Crippen LogP contribution < -0.4 is 4.74 Å². The summed E-state index contributed by atoms with van der Waals surface area (Å²) in [5, 5.41) is 4.30. The topological polar surface area (TPSA) is 59.8 Å². The molecule has 0 bridgehead atoms. The summed E-state index contributed by atoms with van der Waals surface area (Å²) in [6.45, 7) is 5.89. The van der Waals surface area contributed by atoms with Crippen molar-refractivity contribution in [1.82, 2.24) is 19.6 Å². The third-order valence-electron chi connectivity index (χ3n) is 5.79. The van der Waals surface area contributed by atoms with E-state index in [2.05, 4.69) is 22.1 Å². The third kappa shape index (κ3) is 4.33. The molecule has 0 radical (unpaired) electrons. The van der Waals surface area contributed by atoms with E-state index in [4.69, 9.17) is 9.47 Å². The summed E-state index contributed by atoms with van der Waals surface area (Å²) < 4.78 is 13.2. The number of fused-ring (bicyclic) bond motifs is 1. The molecule has 0 saturated carbocycles. The van der Waals surface area contributed by atoms with Gasteiger partial charge in [-0.15, -0.1) is 0 Å². The summed E-state index contributed by atoms with van der Waals surface area (Å²) >= 11 is 0. The van der Waals surface area contributed by atoms with Crippen molar-refractivity contribution < 1.29 is 14.3 Å². The summed E-state index contributed by atoms with van der Waals surface area (Å²) in [5.41, 5.74) is 3.70. The number of hydrogen-bond donors (Lipinski definition) is 0. The van der Waals surface area contributed by atoms with Crippen molar-refractivity contribution in [3.05, 3.63) is 77.6 Å². The highest BCUT2D eigenvalue weighted by molar-refractivity contribution is 5.97. The monoisotopic (exact) mass is 418 g/mol. The average molecular weight is 418 g/mol. The van der Waals surface area contributed by atoms with Crippen molar-refractivity contribution in [3.8, 4) is 11.4 Å². The molecule has 0 unspecified atom stereocenters. The molecule has 3 aromatic rings. The molecule has 5 rings (SSSR count). The van der Waals surface area contributed by atoms with Gasteiger partial charge in [0.2, 0.25) is 0 Å². The van der Waals surface area contributed by atoms with E-state index in [9.17, 15) is 4.79 Å². The molecule has 0 spiro atoms. The highest BCUT2D eigenvalue weighted by Crippen LogP contribution is 2.27. The third-order valence-corrected chi connectivity index (χ3v) is 5.79. The number of rotatable bonds is 4. The smallest absolute Gasteiger partial charge is 0.256 e. The molecule has 1 saturated heterocycles. The first-order valence-corrected chi connectivity index (χ1v) is 10.7. The fourth-order valence-corrected chi connectivity index (χ4v) is 4.17. The van der Waals surface area contributed by atoms with Crippen LogP contribution in [0.25, 0.3) is 5.69 Å². The van der Waals surface area contributed by atoms with Crippen LogP contribution in [-0.2, 0) is 17.8 Å². The first kappa shape index (κ1) is 19.8. The van der Waals surface area contributed by atoms with E-state index in [-0.39, 0.29) is 5.91 Å². The van der Waals surface area contributed by atoms with Crippen molar-refractivity contribution >= 4 is 5.91 Å². The second-order valence-electron chi connectivity index (χ2n) is 7.87. The number of nitrogens with zero attached hydrogens (tertiary/aromatic N) is 4. The summed E-state index contributed by atoms with van der Waals surface area (Å²) in [7, 11) is 0. The van der Waals surface area contributed by atoms with Gasteiger partial charge in [-0.05, 0) is 35.9 Å². The van der Waals surface area contributed by atoms with Crippen LogP contribution in [0.1, 0.15) is 21.5 Å². The van der Waals surface area contributed by atoms with E-state index in [1.165, 1.54) is 5.56 Å². The Balaban J connectivity index is 1.38. The second-order valence-corrected chi connectivity index (χ2v) is 7.87. The number of carbonyl (C=O) groups excluding carboxylic acids is 1. The fraction of sp³-hybridized carbons (Fsp3) is 0.333. The number of morpholine rings is 1. The minimum atomic E-state index is -0.0128. The zero-order chi connectivity index (χ0) is 21.0. The molecule has 1 amide bonds. The minimum absolute atomic E-state index is 0.0128. The highest BCUT2D eigenvalue weighted by atomic mass is 16.5. The van der Waals surface area contributed by atoms with Gasteiger partial charge in [-0.1, -0.05) is 18.2 Å². The van der Waals surface area contributed by atoms with Crippen molar-refractivity contribution in [2.24, 2.45) is 0 Å². The zero-order valence-electron chi connectivity index (χ0n) is 17.4. The Morgan fingerprint density at radius 3 is 2.71 bits per heavy atom. The summed E-state index contributed by atoms with van der Waals surface area (Å²) in [4.78, 5) is 17.7. The van der Waals surface area contributed by atoms with Gasteiger partial charge in [0.15, 0.2) is 0 Å². The lowest BCUT2D eigenvalue weighted by atomic mass is 10.1. The predicted octanol–water partition coefficient (Wildman–Crippen LogP) is 2.74. The molecule has 0 atom stereocenters. The van der Waals surface area contributed by atoms with E-state index < -0.39 is 0 Å². The lowest BCUT2D eigenvalue weighted by Crippen LogP contribution is -2.35. The molecule has 160 valence electrons. The molecule has 7 heteroatoms. The summed E-state index contributed by atoms with van der Waals surface area (Å²) in [6, 6.07) is 15.8. The van der Waals surface area contributed by atoms with Crippen LogP contribution in [0.5, 0.6) is 5.75 Å². The average Bonchev–Trinajstić information content (AvgIpc) is 3.26. The molecule has 2 aromatic carbocycles. The highest BCUT2D eigenvalue weighted by Gasteiger charge is 2.24. The second kappa shape index (κ2) is 8.91. The molecule has 2 aliphatic heterocycles. The quantitative estimate of drug-likeness (QED) is 0.652. The van der Waals surface area contributed by atoms with E-state index in [0.717, 1.165) is 49.8 Å². The van der Waals surface area contributed by atoms with Crippen LogP contribution in [0, 0.1) is 0 Å². The van der Waals surface area contributed by atoms with E-state index >= 15 is 0 Å². The lowest BCUT2D eigenvalue weighted by Gasteiger charge is -2.27. The van der Waals surface area contributed by atoms with Crippen LogP contribution in [0.2, 0.25) is 0 Å². The van der Waals surface area contributed by atoms with E-state index in [1.807, 2.05) is 47.5 Å². The van der Waals surface area contributed by atoms with Crippen LogP contribution in [0.3, 0.4) is 0 Å². The first-order valence-electron chi connectivity index (χ1n) is 10.7. The largest absolute Gasteiger partial charge is 0.491 e. The van der Waals surface area contributed by atoms with Gasteiger partial charge in [0.25, 0.3) is 5.91 Å². The Morgan fingerprint density at radius 1 is 1.00 bits per heavy atom. The molecule has 1 aromatic heterocycles. The predicted molar refractivity (Wildman–Crippen MR) is 116 cm³/mol. The zero-order valence-corrected chi connectivity index (χ0v) is 17.4. The van der Waals surface area contributed by atoms with Crippen LogP contribution >= 0.6 is 0 Å². The van der Waals surface area contributed by atoms with Gasteiger partial charge in [-0.2, -0.15) is 5.10 Å². The Bertz CT molecular complexity index is 1040. The summed E-state index contributed by atoms with van der Waals surface area (Å²) in [6.07, 6.45) is 3.57. The van der Waals surface area contributed by atoms with Gasteiger partial charge in [0, 0.05) is 44.1 Å². The molecule has 3 heterocycles. The van der Waals surface area contributed by atoms with Crippen molar-refractivity contribution in [2.45, 2.75) is 13.1 Å². The number of aromatic nitrogens is 2. The number of benzene rings is 2. The normalized spacial score (nSPS) is 17.0. The van der Waals surface area contributed by atoms with Gasteiger partial charge >= 0.3 is 0 Å². The number of para-hydroxylation sites is 1. The van der Waals surface area contributed by atoms with Crippen molar-refractivity contribution in [3.63, 3.8) is 0 Å². The van der Waals surface area contributed by atoms with Crippen molar-refractivity contribution in [1.29, 1.82) is 0 Å². The molecular weight excluding hydrogens is 392 g/mol. The first-order chi connectivity index (χ1) is 15.3. The van der Waals surface area contributed by atoms with Crippen LogP contribution in [-0.4, -0.2) is 64.9 Å². The van der Waals surface area contributed by atoms with Gasteiger partial charge in [-0.3, -0.25) is 9.69 Å². The Hall–Kier alpha value is -3.16.